The van der Waals surface area contributed by atoms with Crippen LogP contribution in [0.25, 0.3) is 21.9 Å². The number of aromatic amines is 1. The van der Waals surface area contributed by atoms with Gasteiger partial charge in [-0.05, 0) is 31.0 Å². The van der Waals surface area contributed by atoms with Crippen LogP contribution in [0.4, 0.5) is 13.2 Å². The van der Waals surface area contributed by atoms with E-state index in [0.717, 1.165) is 4.88 Å². The maximum absolute atomic E-state index is 13.7. The number of nitrogens with one attached hydrogen (secondary N) is 2. The highest BCUT2D eigenvalue weighted by molar-refractivity contribution is 7.19. The van der Waals surface area contributed by atoms with Crippen molar-refractivity contribution in [1.82, 2.24) is 44.9 Å². The lowest BCUT2D eigenvalue weighted by molar-refractivity contribution is -0.142. The fourth-order valence-corrected chi connectivity index (χ4v) is 4.91. The molecule has 0 unspecified atom stereocenters. The summed E-state index contributed by atoms with van der Waals surface area (Å²) in [4.78, 5) is 22.5. The normalized spacial score (nSPS) is 15.0. The van der Waals surface area contributed by atoms with Crippen LogP contribution >= 0.6 is 22.9 Å². The Morgan fingerprint density at radius 3 is 2.71 bits per heavy atom. The van der Waals surface area contributed by atoms with Crippen LogP contribution in [0.2, 0.25) is 4.34 Å². The van der Waals surface area contributed by atoms with Crippen molar-refractivity contribution in [1.29, 1.82) is 0 Å². The largest absolute Gasteiger partial charge is 0.435 e. The summed E-state index contributed by atoms with van der Waals surface area (Å²) in [6.07, 6.45) is 1.56. The smallest absolute Gasteiger partial charge is 0.339 e. The zero-order valence-corrected chi connectivity index (χ0v) is 19.0. The van der Waals surface area contributed by atoms with Crippen LogP contribution in [0.1, 0.15) is 34.7 Å². The lowest BCUT2D eigenvalue weighted by atomic mass is 10.2. The molecule has 0 aliphatic heterocycles. The van der Waals surface area contributed by atoms with Gasteiger partial charge in [0.2, 0.25) is 0 Å². The predicted octanol–water partition coefficient (Wildman–Crippen LogP) is 3.85. The van der Waals surface area contributed by atoms with Crippen LogP contribution < -0.4 is 5.32 Å². The molecule has 1 amide bonds. The van der Waals surface area contributed by atoms with Gasteiger partial charge in [0.15, 0.2) is 11.3 Å². The number of hydrogen-bond donors (Lipinski definition) is 2. The first-order chi connectivity index (χ1) is 16.7. The molecular formula is C20H13ClF3N9OS. The Bertz CT molecular complexity index is 1570. The van der Waals surface area contributed by atoms with Gasteiger partial charge in [0.25, 0.3) is 5.91 Å². The van der Waals surface area contributed by atoms with E-state index in [4.69, 9.17) is 11.6 Å². The van der Waals surface area contributed by atoms with E-state index in [0.29, 0.717) is 39.6 Å². The molecule has 5 heterocycles. The third-order valence-corrected chi connectivity index (χ3v) is 6.97. The van der Waals surface area contributed by atoms with Crippen LogP contribution in [0.5, 0.6) is 0 Å². The van der Waals surface area contributed by atoms with Crippen molar-refractivity contribution in [2.45, 2.75) is 24.6 Å². The number of imidazole rings is 1. The highest BCUT2D eigenvalue weighted by Gasteiger charge is 2.48. The van der Waals surface area contributed by atoms with E-state index in [1.807, 2.05) is 0 Å². The molecule has 0 saturated heterocycles. The number of aromatic nitrogens is 8. The molecule has 1 aliphatic carbocycles. The Hall–Kier alpha value is -3.78. The fourth-order valence-electron chi connectivity index (χ4n) is 3.86. The number of nitrogens with zero attached hydrogens (tertiary/aromatic N) is 7. The maximum atomic E-state index is 13.7. The van der Waals surface area contributed by atoms with E-state index in [1.54, 1.807) is 16.5 Å². The molecule has 6 rings (SSSR count). The Labute approximate surface area is 202 Å². The molecule has 0 spiro atoms. The highest BCUT2D eigenvalue weighted by Crippen LogP contribution is 2.44. The van der Waals surface area contributed by atoms with E-state index in [9.17, 15) is 18.0 Å². The molecule has 5 aromatic heterocycles. The van der Waals surface area contributed by atoms with Crippen LogP contribution in [-0.4, -0.2) is 45.5 Å². The topological polar surface area (TPSA) is 119 Å². The first-order valence-corrected chi connectivity index (χ1v) is 11.4. The van der Waals surface area contributed by atoms with Crippen molar-refractivity contribution < 1.29 is 18.0 Å². The van der Waals surface area contributed by atoms with Crippen molar-refractivity contribution in [3.8, 4) is 16.3 Å². The number of rotatable bonds is 5. The van der Waals surface area contributed by atoms with E-state index in [2.05, 4.69) is 35.8 Å². The Balaban J connectivity index is 1.51. The number of amides is 1. The summed E-state index contributed by atoms with van der Waals surface area (Å²) in [5.74, 6) is 0.0129. The molecule has 0 atom stereocenters. The van der Waals surface area contributed by atoms with Gasteiger partial charge in [0.05, 0.1) is 38.4 Å². The second-order valence-electron chi connectivity index (χ2n) is 7.95. The number of carbonyl (C=O) groups is 1. The molecule has 2 N–H and O–H groups in total. The quantitative estimate of drug-likeness (QED) is 0.364. The van der Waals surface area contributed by atoms with Gasteiger partial charge in [0.1, 0.15) is 17.8 Å². The van der Waals surface area contributed by atoms with Crippen molar-refractivity contribution in [3.05, 3.63) is 64.5 Å². The molecule has 5 aromatic rings. The molecule has 1 fully saturated rings. The lowest BCUT2D eigenvalue weighted by Gasteiger charge is -2.16. The van der Waals surface area contributed by atoms with Gasteiger partial charge in [-0.15, -0.1) is 16.4 Å². The molecule has 0 bridgehead atoms. The summed E-state index contributed by atoms with van der Waals surface area (Å²) in [5, 5.41) is 16.6. The van der Waals surface area contributed by atoms with Gasteiger partial charge in [-0.2, -0.15) is 18.3 Å². The second-order valence-corrected chi connectivity index (χ2v) is 9.67. The van der Waals surface area contributed by atoms with Crippen LogP contribution in [0.3, 0.4) is 0 Å². The Morgan fingerprint density at radius 1 is 1.23 bits per heavy atom. The lowest BCUT2D eigenvalue weighted by Crippen LogP contribution is -2.36. The average Bonchev–Trinajstić information content (AvgIpc) is 3.38. The number of fused-ring (bicyclic) bond motifs is 1. The van der Waals surface area contributed by atoms with Crippen molar-refractivity contribution in [3.63, 3.8) is 0 Å². The minimum atomic E-state index is -4.72. The number of pyridine rings is 1. The SMILES string of the molecule is O=C(NC1(c2ncn[nH]2)CC1)c1cc(-n2nncc2C(F)(F)F)c2ncc(-c3ccc(Cl)s3)n2c1. The summed E-state index contributed by atoms with van der Waals surface area (Å²) >= 11 is 7.36. The molecule has 1 saturated carbocycles. The van der Waals surface area contributed by atoms with Gasteiger partial charge in [-0.3, -0.25) is 14.3 Å². The van der Waals surface area contributed by atoms with E-state index < -0.39 is 23.3 Å². The number of halogens is 4. The average molecular weight is 520 g/mol. The summed E-state index contributed by atoms with van der Waals surface area (Å²) < 4.78 is 43.7. The summed E-state index contributed by atoms with van der Waals surface area (Å²) in [5.41, 5.74) is -1.04. The molecular weight excluding hydrogens is 507 g/mol. The molecule has 0 aromatic carbocycles. The van der Waals surface area contributed by atoms with Crippen LogP contribution in [0.15, 0.2) is 43.1 Å². The summed E-state index contributed by atoms with van der Waals surface area (Å²) in [7, 11) is 0. The molecule has 1 aliphatic rings. The third-order valence-electron chi connectivity index (χ3n) is 5.71. The van der Waals surface area contributed by atoms with Crippen molar-refractivity contribution >= 4 is 34.5 Å². The number of hydrogen-bond acceptors (Lipinski definition) is 7. The molecule has 10 nitrogen and oxygen atoms in total. The van der Waals surface area contributed by atoms with E-state index in [-0.39, 0.29) is 16.9 Å². The predicted molar refractivity (Wildman–Crippen MR) is 118 cm³/mol. The first-order valence-electron chi connectivity index (χ1n) is 10.2. The Kier molecular flexibility index (Phi) is 4.73. The van der Waals surface area contributed by atoms with Crippen LogP contribution in [0, 0.1) is 0 Å². The first kappa shape index (κ1) is 21.7. The number of carbonyl (C=O) groups excluding carboxylic acids is 1. The van der Waals surface area contributed by atoms with Gasteiger partial charge < -0.3 is 5.32 Å². The number of H-pyrrole nitrogens is 1. The highest BCUT2D eigenvalue weighted by atomic mass is 35.5. The molecule has 15 heteroatoms. The van der Waals surface area contributed by atoms with Gasteiger partial charge in [0, 0.05) is 6.20 Å². The molecule has 178 valence electrons. The monoisotopic (exact) mass is 519 g/mol. The summed E-state index contributed by atoms with van der Waals surface area (Å²) in [6.45, 7) is 0. The minimum Gasteiger partial charge on any atom is -0.339 e. The minimum absolute atomic E-state index is 0.0547. The molecule has 0 radical (unpaired) electrons. The van der Waals surface area contributed by atoms with Crippen LogP contribution in [-0.2, 0) is 11.7 Å². The van der Waals surface area contributed by atoms with Gasteiger partial charge in [-0.1, -0.05) is 16.8 Å². The van der Waals surface area contributed by atoms with E-state index in [1.165, 1.54) is 36.1 Å². The Morgan fingerprint density at radius 2 is 2.06 bits per heavy atom. The maximum Gasteiger partial charge on any atom is 0.435 e. The van der Waals surface area contributed by atoms with Crippen molar-refractivity contribution in [2.75, 3.05) is 0 Å². The second kappa shape index (κ2) is 7.61. The zero-order chi connectivity index (χ0) is 24.4. The van der Waals surface area contributed by atoms with Crippen molar-refractivity contribution in [2.24, 2.45) is 0 Å². The van der Waals surface area contributed by atoms with Gasteiger partial charge in [-0.25, -0.2) is 14.6 Å². The molecule has 35 heavy (non-hydrogen) atoms. The van der Waals surface area contributed by atoms with E-state index >= 15 is 0 Å². The zero-order valence-electron chi connectivity index (χ0n) is 17.4. The standard InChI is InChI=1S/C20H13ClF3N9OS/c21-15-2-1-13(35-15)12-6-25-16-11(33-14(7-27-31-33)20(22,23)24)5-10(8-32(12)16)17(34)29-19(3-4-19)18-26-9-28-30-18/h1-2,5-9H,3-4H2,(H,29,34)(H,26,28,30). The summed E-state index contributed by atoms with van der Waals surface area (Å²) in [6, 6.07) is 4.78. The third kappa shape index (κ3) is 3.65. The number of alkyl halides is 3. The fraction of sp³-hybridized carbons (Fsp3) is 0.200. The van der Waals surface area contributed by atoms with Gasteiger partial charge >= 0.3 is 6.18 Å². The number of thiophene rings is 1.